The van der Waals surface area contributed by atoms with Gasteiger partial charge in [0.1, 0.15) is 23.3 Å². The molecule has 1 spiro atoms. The zero-order valence-corrected chi connectivity index (χ0v) is 20.1. The lowest BCUT2D eigenvalue weighted by Crippen LogP contribution is -2.47. The van der Waals surface area contributed by atoms with Gasteiger partial charge in [-0.3, -0.25) is 0 Å². The Labute approximate surface area is 207 Å². The van der Waals surface area contributed by atoms with E-state index in [9.17, 15) is 27.8 Å². The van der Waals surface area contributed by atoms with E-state index in [-0.39, 0.29) is 11.5 Å². The molecule has 1 heterocycles. The van der Waals surface area contributed by atoms with Gasteiger partial charge in [0, 0.05) is 12.0 Å². The van der Waals surface area contributed by atoms with Gasteiger partial charge in [0.2, 0.25) is 0 Å². The third kappa shape index (κ3) is 4.28. The topological polar surface area (TPSA) is 49.7 Å². The van der Waals surface area contributed by atoms with Crippen LogP contribution in [-0.4, -0.2) is 15.8 Å². The lowest BCUT2D eigenvalue weighted by atomic mass is 9.71. The second-order valence-electron chi connectivity index (χ2n) is 10.2. The molecular formula is C29H28F4O3. The van der Waals surface area contributed by atoms with Gasteiger partial charge in [-0.1, -0.05) is 38.1 Å². The molecule has 1 fully saturated rings. The zero-order chi connectivity index (χ0) is 25.8. The molecule has 0 radical (unpaired) electrons. The van der Waals surface area contributed by atoms with Crippen LogP contribution in [0.1, 0.15) is 85.5 Å². The molecule has 2 atom stereocenters. The summed E-state index contributed by atoms with van der Waals surface area (Å²) < 4.78 is 59.7. The summed E-state index contributed by atoms with van der Waals surface area (Å²) in [5.74, 6) is 0.0381. The zero-order valence-electron chi connectivity index (χ0n) is 20.1. The molecule has 1 aliphatic heterocycles. The number of ether oxygens (including phenoxy) is 1. The van der Waals surface area contributed by atoms with Gasteiger partial charge in [-0.25, -0.2) is 4.39 Å². The van der Waals surface area contributed by atoms with E-state index in [1.54, 1.807) is 12.1 Å². The smallest absolute Gasteiger partial charge is 0.416 e. The van der Waals surface area contributed by atoms with Crippen LogP contribution in [-0.2, 0) is 6.18 Å². The second kappa shape index (κ2) is 8.89. The van der Waals surface area contributed by atoms with Crippen molar-refractivity contribution in [2.45, 2.75) is 69.4 Å². The molecule has 1 saturated carbocycles. The maximum absolute atomic E-state index is 13.8. The second-order valence-corrected chi connectivity index (χ2v) is 10.2. The van der Waals surface area contributed by atoms with Crippen LogP contribution in [0.4, 0.5) is 17.6 Å². The van der Waals surface area contributed by atoms with Crippen LogP contribution >= 0.6 is 0 Å². The van der Waals surface area contributed by atoms with E-state index in [1.807, 2.05) is 19.9 Å². The van der Waals surface area contributed by atoms with Crippen LogP contribution in [0.3, 0.4) is 0 Å². The Morgan fingerprint density at radius 1 is 1.00 bits per heavy atom. The minimum atomic E-state index is -4.49. The number of aliphatic hydroxyl groups excluding tert-OH is 2. The first-order valence-corrected chi connectivity index (χ1v) is 12.2. The summed E-state index contributed by atoms with van der Waals surface area (Å²) in [6, 6.07) is 12.0. The fourth-order valence-corrected chi connectivity index (χ4v) is 5.45. The Hall–Kier alpha value is -2.90. The number of hydrogen-bond donors (Lipinski definition) is 2. The van der Waals surface area contributed by atoms with E-state index in [0.29, 0.717) is 34.4 Å². The fourth-order valence-electron chi connectivity index (χ4n) is 5.45. The third-order valence-electron chi connectivity index (χ3n) is 7.47. The minimum absolute atomic E-state index is 0.0754. The summed E-state index contributed by atoms with van der Waals surface area (Å²) in [4.78, 5) is 0. The molecule has 3 aromatic carbocycles. The highest BCUT2D eigenvalue weighted by Gasteiger charge is 2.47. The molecule has 5 rings (SSSR count). The van der Waals surface area contributed by atoms with E-state index in [1.165, 1.54) is 24.3 Å². The van der Waals surface area contributed by atoms with Crippen molar-refractivity contribution in [1.82, 2.24) is 0 Å². The van der Waals surface area contributed by atoms with Gasteiger partial charge >= 0.3 is 6.18 Å². The predicted molar refractivity (Wildman–Crippen MR) is 128 cm³/mol. The summed E-state index contributed by atoms with van der Waals surface area (Å²) in [5, 5.41) is 22.9. The Bertz CT molecular complexity index is 1260. The third-order valence-corrected chi connectivity index (χ3v) is 7.47. The Balaban J connectivity index is 1.74. The lowest BCUT2D eigenvalue weighted by molar-refractivity contribution is -0.137. The number of alkyl halides is 3. The number of benzene rings is 3. The largest absolute Gasteiger partial charge is 0.487 e. The number of hydrogen-bond acceptors (Lipinski definition) is 3. The molecule has 3 aromatic rings. The van der Waals surface area contributed by atoms with Gasteiger partial charge in [-0.15, -0.1) is 0 Å². The monoisotopic (exact) mass is 500 g/mol. The van der Waals surface area contributed by atoms with Crippen LogP contribution in [0.15, 0.2) is 54.6 Å². The van der Waals surface area contributed by atoms with E-state index in [2.05, 4.69) is 0 Å². The summed E-state index contributed by atoms with van der Waals surface area (Å²) in [6.07, 6.45) is -3.50. The predicted octanol–water partition coefficient (Wildman–Crippen LogP) is 7.46. The molecular weight excluding hydrogens is 472 g/mol. The first-order chi connectivity index (χ1) is 17.0. The van der Waals surface area contributed by atoms with Gasteiger partial charge in [-0.2, -0.15) is 13.2 Å². The van der Waals surface area contributed by atoms with Crippen LogP contribution in [0.5, 0.6) is 5.75 Å². The van der Waals surface area contributed by atoms with Crippen LogP contribution in [0.25, 0.3) is 11.1 Å². The molecule has 0 bridgehead atoms. The molecule has 36 heavy (non-hydrogen) atoms. The van der Waals surface area contributed by atoms with Crippen molar-refractivity contribution < 1.29 is 32.5 Å². The maximum atomic E-state index is 13.8. The van der Waals surface area contributed by atoms with Crippen molar-refractivity contribution in [3.63, 3.8) is 0 Å². The maximum Gasteiger partial charge on any atom is 0.416 e. The molecule has 0 unspecified atom stereocenters. The van der Waals surface area contributed by atoms with Gasteiger partial charge in [-0.05, 0) is 83.3 Å². The van der Waals surface area contributed by atoms with Crippen molar-refractivity contribution >= 4 is 0 Å². The molecule has 0 amide bonds. The average Bonchev–Trinajstić information content (AvgIpc) is 2.81. The quantitative estimate of drug-likeness (QED) is 0.366. The highest BCUT2D eigenvalue weighted by molar-refractivity contribution is 5.78. The van der Waals surface area contributed by atoms with Gasteiger partial charge < -0.3 is 14.9 Å². The number of rotatable bonds is 4. The van der Waals surface area contributed by atoms with Crippen LogP contribution in [0.2, 0.25) is 0 Å². The highest BCUT2D eigenvalue weighted by atomic mass is 19.4. The van der Waals surface area contributed by atoms with Crippen molar-refractivity contribution in [1.29, 1.82) is 0 Å². The highest BCUT2D eigenvalue weighted by Crippen LogP contribution is 2.54. The Morgan fingerprint density at radius 3 is 2.17 bits per heavy atom. The molecule has 190 valence electrons. The summed E-state index contributed by atoms with van der Waals surface area (Å²) >= 11 is 0. The van der Waals surface area contributed by atoms with Crippen molar-refractivity contribution in [3.8, 4) is 16.9 Å². The number of fused-ring (bicyclic) bond motifs is 1. The normalized spacial score (nSPS) is 19.5. The summed E-state index contributed by atoms with van der Waals surface area (Å²) in [5.41, 5.74) is 1.94. The standard InChI is InChI=1S/C29H28F4O3/c1-16(2)21-14-23-26(22(34)15-28(36-23)12-3-13-28)24(17-6-10-20(30)11-7-17)25(21)27(35)18-4-8-19(9-5-18)29(31,32)33/h4-11,14,16,22,27,34-35H,3,12-13,15H2,1-2H3/t22-,27-/m0/s1. The van der Waals surface area contributed by atoms with Crippen molar-refractivity contribution in [2.24, 2.45) is 0 Å². The molecule has 0 aromatic heterocycles. The van der Waals surface area contributed by atoms with Crippen molar-refractivity contribution in [2.75, 3.05) is 0 Å². The SMILES string of the molecule is CC(C)c1cc2c(c(-c3ccc(F)cc3)c1[C@@H](O)c1ccc(C(F)(F)F)cc1)[C@@H](O)CC1(CCC1)O2. The molecule has 2 aliphatic rings. The first kappa shape index (κ1) is 24.8. The average molecular weight is 501 g/mol. The van der Waals surface area contributed by atoms with E-state index < -0.39 is 35.4 Å². The number of aliphatic hydroxyl groups is 2. The fraction of sp³-hybridized carbons (Fsp3) is 0.379. The molecule has 7 heteroatoms. The van der Waals surface area contributed by atoms with E-state index in [0.717, 1.165) is 37.0 Å². The first-order valence-electron chi connectivity index (χ1n) is 12.2. The van der Waals surface area contributed by atoms with E-state index >= 15 is 0 Å². The molecule has 1 aliphatic carbocycles. The van der Waals surface area contributed by atoms with Crippen LogP contribution in [0, 0.1) is 5.82 Å². The van der Waals surface area contributed by atoms with Gasteiger partial charge in [0.05, 0.1) is 11.7 Å². The summed E-state index contributed by atoms with van der Waals surface area (Å²) in [6.45, 7) is 3.91. The van der Waals surface area contributed by atoms with Crippen LogP contribution < -0.4 is 4.74 Å². The summed E-state index contributed by atoms with van der Waals surface area (Å²) in [7, 11) is 0. The van der Waals surface area contributed by atoms with Crippen molar-refractivity contribution in [3.05, 3.63) is 88.2 Å². The minimum Gasteiger partial charge on any atom is -0.487 e. The molecule has 3 nitrogen and oxygen atoms in total. The number of halogens is 4. The van der Waals surface area contributed by atoms with Gasteiger partial charge in [0.25, 0.3) is 0 Å². The Kier molecular flexibility index (Phi) is 6.12. The lowest BCUT2D eigenvalue weighted by Gasteiger charge is -2.47. The van der Waals surface area contributed by atoms with E-state index in [4.69, 9.17) is 4.74 Å². The molecule has 2 N–H and O–H groups in total. The molecule has 0 saturated heterocycles. The Morgan fingerprint density at radius 2 is 1.64 bits per heavy atom. The van der Waals surface area contributed by atoms with Gasteiger partial charge in [0.15, 0.2) is 0 Å².